The molecule has 2 aromatic carbocycles. The molecule has 0 unspecified atom stereocenters. The van der Waals surface area contributed by atoms with Gasteiger partial charge in [-0.2, -0.15) is 0 Å². The smallest absolute Gasteiger partial charge is 0.292 e. The number of nitro benzene ring substituents is 1. The van der Waals surface area contributed by atoms with Crippen LogP contribution in [0.5, 0.6) is 0 Å². The second-order valence-corrected chi connectivity index (χ2v) is 6.00. The minimum Gasteiger partial charge on any atom is -0.364 e. The van der Waals surface area contributed by atoms with Gasteiger partial charge in [0.1, 0.15) is 17.3 Å². The van der Waals surface area contributed by atoms with Crippen LogP contribution in [0.15, 0.2) is 42.5 Å². The molecule has 0 bridgehead atoms. The van der Waals surface area contributed by atoms with Gasteiger partial charge in [0.15, 0.2) is 0 Å². The molecule has 136 valence electrons. The Morgan fingerprint density at radius 3 is 2.54 bits per heavy atom. The Kier molecular flexibility index (Phi) is 5.11. The lowest BCUT2D eigenvalue weighted by Gasteiger charge is -2.23. The lowest BCUT2D eigenvalue weighted by molar-refractivity contribution is -0.384. The van der Waals surface area contributed by atoms with E-state index in [1.807, 2.05) is 0 Å². The molecule has 0 radical (unpaired) electrons. The lowest BCUT2D eigenvalue weighted by Crippen LogP contribution is -2.35. The molecule has 0 spiro atoms. The van der Waals surface area contributed by atoms with E-state index in [1.54, 1.807) is 11.0 Å². The van der Waals surface area contributed by atoms with Gasteiger partial charge in [0, 0.05) is 38.3 Å². The van der Waals surface area contributed by atoms with Crippen molar-refractivity contribution in [2.75, 3.05) is 31.1 Å². The van der Waals surface area contributed by atoms with Crippen molar-refractivity contribution in [2.24, 2.45) is 0 Å². The summed E-state index contributed by atoms with van der Waals surface area (Å²) >= 11 is 0. The number of nitro groups is 1. The second kappa shape index (κ2) is 7.47. The van der Waals surface area contributed by atoms with Crippen molar-refractivity contribution in [3.63, 3.8) is 0 Å². The maximum atomic E-state index is 13.8. The number of carbonyl (C=O) groups excluding carboxylic acids is 1. The van der Waals surface area contributed by atoms with Crippen LogP contribution in [-0.2, 0) is 0 Å². The highest BCUT2D eigenvalue weighted by Crippen LogP contribution is 2.29. The topological polar surface area (TPSA) is 66.7 Å². The van der Waals surface area contributed by atoms with Crippen LogP contribution < -0.4 is 4.90 Å². The Labute approximate surface area is 148 Å². The fourth-order valence-electron chi connectivity index (χ4n) is 3.07. The van der Waals surface area contributed by atoms with E-state index in [2.05, 4.69) is 0 Å². The number of halogens is 2. The van der Waals surface area contributed by atoms with Crippen molar-refractivity contribution in [3.05, 3.63) is 69.8 Å². The molecule has 0 N–H and O–H groups in total. The molecule has 6 nitrogen and oxygen atoms in total. The highest BCUT2D eigenvalue weighted by molar-refractivity contribution is 5.94. The summed E-state index contributed by atoms with van der Waals surface area (Å²) in [5.74, 6) is -1.56. The summed E-state index contributed by atoms with van der Waals surface area (Å²) in [6.07, 6.45) is 0.536. The first-order chi connectivity index (χ1) is 12.5. The van der Waals surface area contributed by atoms with Gasteiger partial charge >= 0.3 is 0 Å². The number of anilines is 1. The van der Waals surface area contributed by atoms with E-state index in [0.29, 0.717) is 26.1 Å². The Morgan fingerprint density at radius 1 is 1.04 bits per heavy atom. The van der Waals surface area contributed by atoms with Gasteiger partial charge in [0.05, 0.1) is 10.5 Å². The number of hydrogen-bond acceptors (Lipinski definition) is 4. The average molecular weight is 361 g/mol. The Bertz CT molecular complexity index is 844. The molecule has 2 aromatic rings. The Hall–Kier alpha value is -3.03. The minimum atomic E-state index is -0.584. The summed E-state index contributed by atoms with van der Waals surface area (Å²) < 4.78 is 27.4. The van der Waals surface area contributed by atoms with Crippen LogP contribution >= 0.6 is 0 Å². The number of carbonyl (C=O) groups is 1. The second-order valence-electron chi connectivity index (χ2n) is 6.00. The van der Waals surface area contributed by atoms with Gasteiger partial charge in [0.25, 0.3) is 11.6 Å². The molecule has 0 aromatic heterocycles. The molecule has 1 aliphatic heterocycles. The predicted molar refractivity (Wildman–Crippen MR) is 92.2 cm³/mol. The monoisotopic (exact) mass is 361 g/mol. The van der Waals surface area contributed by atoms with Crippen LogP contribution in [0.3, 0.4) is 0 Å². The van der Waals surface area contributed by atoms with Gasteiger partial charge in [-0.25, -0.2) is 8.78 Å². The Morgan fingerprint density at radius 2 is 1.81 bits per heavy atom. The lowest BCUT2D eigenvalue weighted by atomic mass is 10.2. The zero-order valence-corrected chi connectivity index (χ0v) is 13.9. The number of benzene rings is 2. The number of amides is 1. The maximum absolute atomic E-state index is 13.8. The number of rotatable bonds is 3. The summed E-state index contributed by atoms with van der Waals surface area (Å²) in [7, 11) is 0. The zero-order valence-electron chi connectivity index (χ0n) is 13.9. The molecule has 3 rings (SSSR count). The largest absolute Gasteiger partial charge is 0.364 e. The summed E-state index contributed by atoms with van der Waals surface area (Å²) in [4.78, 5) is 26.4. The van der Waals surface area contributed by atoms with Gasteiger partial charge in [-0.05, 0) is 24.6 Å². The molecule has 1 amide bonds. The van der Waals surface area contributed by atoms with Gasteiger partial charge in [0.2, 0.25) is 0 Å². The van der Waals surface area contributed by atoms with Gasteiger partial charge in [-0.3, -0.25) is 14.9 Å². The van der Waals surface area contributed by atoms with Crippen molar-refractivity contribution in [3.8, 4) is 0 Å². The van der Waals surface area contributed by atoms with Gasteiger partial charge in [-0.15, -0.1) is 0 Å². The number of hydrogen-bond donors (Lipinski definition) is 0. The van der Waals surface area contributed by atoms with Gasteiger partial charge < -0.3 is 9.80 Å². The van der Waals surface area contributed by atoms with Crippen molar-refractivity contribution in [1.29, 1.82) is 0 Å². The SMILES string of the molecule is O=C(c1ccccc1F)N1CCCN(c2cc(F)ccc2[N+](=O)[O-])CC1. The minimum absolute atomic E-state index is 0.00214. The molecular weight excluding hydrogens is 344 g/mol. The highest BCUT2D eigenvalue weighted by Gasteiger charge is 2.26. The highest BCUT2D eigenvalue weighted by atomic mass is 19.1. The zero-order chi connectivity index (χ0) is 18.7. The molecule has 8 heteroatoms. The molecular formula is C18H17F2N3O3. The summed E-state index contributed by atoms with van der Waals surface area (Å²) in [5.41, 5.74) is 0.00755. The summed E-state index contributed by atoms with van der Waals surface area (Å²) in [6, 6.07) is 9.08. The van der Waals surface area contributed by atoms with E-state index in [0.717, 1.165) is 18.2 Å². The Balaban J connectivity index is 1.79. The van der Waals surface area contributed by atoms with E-state index in [1.165, 1.54) is 23.1 Å². The van der Waals surface area contributed by atoms with Crippen LogP contribution in [0.1, 0.15) is 16.8 Å². The van der Waals surface area contributed by atoms with Crippen LogP contribution in [-0.4, -0.2) is 41.9 Å². The molecule has 0 saturated carbocycles. The van der Waals surface area contributed by atoms with Crippen molar-refractivity contribution >= 4 is 17.3 Å². The molecule has 1 saturated heterocycles. The fraction of sp³-hybridized carbons (Fsp3) is 0.278. The molecule has 0 atom stereocenters. The van der Waals surface area contributed by atoms with Crippen LogP contribution in [0.2, 0.25) is 0 Å². The quantitative estimate of drug-likeness (QED) is 0.622. The van der Waals surface area contributed by atoms with Crippen molar-refractivity contribution < 1.29 is 18.5 Å². The average Bonchev–Trinajstić information content (AvgIpc) is 2.87. The normalized spacial score (nSPS) is 14.8. The van der Waals surface area contributed by atoms with Crippen LogP contribution in [0.4, 0.5) is 20.2 Å². The standard InChI is InChI=1S/C18H17F2N3O3/c19-13-6-7-16(23(25)26)17(12-13)21-8-3-9-22(11-10-21)18(24)14-4-1-2-5-15(14)20/h1-2,4-7,12H,3,8-11H2. The fourth-order valence-corrected chi connectivity index (χ4v) is 3.07. The third-order valence-corrected chi connectivity index (χ3v) is 4.36. The van der Waals surface area contributed by atoms with E-state index >= 15 is 0 Å². The first-order valence-corrected chi connectivity index (χ1v) is 8.20. The van der Waals surface area contributed by atoms with Crippen molar-refractivity contribution in [1.82, 2.24) is 4.90 Å². The first kappa shape index (κ1) is 17.8. The summed E-state index contributed by atoms with van der Waals surface area (Å²) in [5, 5.41) is 11.2. The molecule has 1 heterocycles. The third kappa shape index (κ3) is 3.63. The van der Waals surface area contributed by atoms with E-state index < -0.39 is 22.5 Å². The van der Waals surface area contributed by atoms with Crippen LogP contribution in [0.25, 0.3) is 0 Å². The predicted octanol–water partition coefficient (Wildman–Crippen LogP) is 3.23. The third-order valence-electron chi connectivity index (χ3n) is 4.36. The molecule has 1 fully saturated rings. The van der Waals surface area contributed by atoms with Crippen LogP contribution in [0, 0.1) is 21.7 Å². The molecule has 1 aliphatic rings. The van der Waals surface area contributed by atoms with E-state index in [4.69, 9.17) is 0 Å². The maximum Gasteiger partial charge on any atom is 0.292 e. The van der Waals surface area contributed by atoms with Gasteiger partial charge in [-0.1, -0.05) is 12.1 Å². The molecule has 26 heavy (non-hydrogen) atoms. The molecule has 0 aliphatic carbocycles. The summed E-state index contributed by atoms with van der Waals surface area (Å²) in [6.45, 7) is 1.39. The first-order valence-electron chi connectivity index (χ1n) is 8.20. The number of nitrogens with zero attached hydrogens (tertiary/aromatic N) is 3. The van der Waals surface area contributed by atoms with E-state index in [9.17, 15) is 23.7 Å². The van der Waals surface area contributed by atoms with Crippen molar-refractivity contribution in [2.45, 2.75) is 6.42 Å². The van der Waals surface area contributed by atoms with E-state index in [-0.39, 0.29) is 23.5 Å².